The highest BCUT2D eigenvalue weighted by atomic mass is 79.9. The highest BCUT2D eigenvalue weighted by molar-refractivity contribution is 9.10. The van der Waals surface area contributed by atoms with Crippen molar-refractivity contribution in [3.63, 3.8) is 0 Å². The maximum absolute atomic E-state index is 12.5. The molecule has 0 saturated heterocycles. The lowest BCUT2D eigenvalue weighted by Crippen LogP contribution is -2.14. The number of nitrogens with zero attached hydrogens (tertiary/aromatic N) is 5. The predicted molar refractivity (Wildman–Crippen MR) is 123 cm³/mol. The minimum atomic E-state index is -0.135. The fourth-order valence-corrected chi connectivity index (χ4v) is 3.76. The van der Waals surface area contributed by atoms with Gasteiger partial charge in [0.15, 0.2) is 5.65 Å². The van der Waals surface area contributed by atoms with Crippen LogP contribution in [0, 0.1) is 25.2 Å². The fourth-order valence-electron chi connectivity index (χ4n) is 3.38. The van der Waals surface area contributed by atoms with Crippen LogP contribution in [0.4, 0.5) is 5.69 Å². The number of aryl methyl sites for hydroxylation is 2. The first kappa shape index (κ1) is 21.5. The molecule has 160 valence electrons. The number of hydrogen-bond acceptors (Lipinski definition) is 6. The molecule has 3 aromatic heterocycles. The van der Waals surface area contributed by atoms with Gasteiger partial charge in [-0.05, 0) is 50.1 Å². The third kappa shape index (κ3) is 4.60. The molecule has 0 atom stereocenters. The molecule has 0 aliphatic rings. The molecule has 4 aromatic rings. The molecule has 0 bridgehead atoms. The normalized spacial score (nSPS) is 10.7. The molecule has 4 rings (SSSR count). The van der Waals surface area contributed by atoms with Crippen LogP contribution in [0.5, 0.6) is 11.6 Å². The molecule has 8 nitrogen and oxygen atoms in total. The summed E-state index contributed by atoms with van der Waals surface area (Å²) < 4.78 is 8.27. The van der Waals surface area contributed by atoms with Crippen molar-refractivity contribution in [2.24, 2.45) is 0 Å². The van der Waals surface area contributed by atoms with Gasteiger partial charge in [0.25, 0.3) is 0 Å². The molecule has 1 amide bonds. The number of aromatic nitrogens is 4. The zero-order valence-corrected chi connectivity index (χ0v) is 19.0. The van der Waals surface area contributed by atoms with Gasteiger partial charge in [-0.3, -0.25) is 4.79 Å². The number of hydrogen-bond donors (Lipinski definition) is 1. The van der Waals surface area contributed by atoms with E-state index in [0.717, 1.165) is 21.4 Å². The van der Waals surface area contributed by atoms with Crippen molar-refractivity contribution in [3.8, 4) is 17.7 Å². The first-order valence-corrected chi connectivity index (χ1v) is 10.7. The van der Waals surface area contributed by atoms with Crippen molar-refractivity contribution < 1.29 is 9.53 Å². The smallest absolute Gasteiger partial charge is 0.224 e. The summed E-state index contributed by atoms with van der Waals surface area (Å²) in [5, 5.41) is 16.3. The van der Waals surface area contributed by atoms with Crippen molar-refractivity contribution >= 4 is 33.2 Å². The largest absolute Gasteiger partial charge is 0.439 e. The minimum absolute atomic E-state index is 0.135. The van der Waals surface area contributed by atoms with Crippen LogP contribution in [-0.2, 0) is 11.2 Å². The number of rotatable bonds is 6. The standard InChI is InChI=1S/C23H19BrN6O2/c1-14-20(15(2)30-23(28-14)16(11-25)12-27-30)7-8-21(31)29-18-6-9-22(26-13-18)32-19-5-3-4-17(24)10-19/h3-6,9-10,12-13H,7-8H2,1-2H3,(H,29,31). The number of ether oxygens (including phenoxy) is 1. The van der Waals surface area contributed by atoms with E-state index in [1.54, 1.807) is 22.8 Å². The molecule has 32 heavy (non-hydrogen) atoms. The van der Waals surface area contributed by atoms with Gasteiger partial charge in [-0.25, -0.2) is 14.5 Å². The van der Waals surface area contributed by atoms with Gasteiger partial charge < -0.3 is 10.1 Å². The number of carbonyl (C=O) groups is 1. The van der Waals surface area contributed by atoms with Crippen molar-refractivity contribution in [3.05, 3.63) is 75.8 Å². The highest BCUT2D eigenvalue weighted by Gasteiger charge is 2.15. The molecule has 9 heteroatoms. The average Bonchev–Trinajstić information content (AvgIpc) is 3.18. The Morgan fingerprint density at radius 3 is 2.81 bits per heavy atom. The molecule has 1 N–H and O–H groups in total. The van der Waals surface area contributed by atoms with Crippen LogP contribution in [0.2, 0.25) is 0 Å². The van der Waals surface area contributed by atoms with Gasteiger partial charge in [0, 0.05) is 28.3 Å². The Hall–Kier alpha value is -3.77. The van der Waals surface area contributed by atoms with Crippen LogP contribution in [-0.4, -0.2) is 25.5 Å². The molecular weight excluding hydrogens is 472 g/mol. The van der Waals surface area contributed by atoms with Crippen LogP contribution >= 0.6 is 15.9 Å². The summed E-state index contributed by atoms with van der Waals surface area (Å²) in [5.74, 6) is 0.964. The second-order valence-corrected chi connectivity index (χ2v) is 8.08. The molecule has 0 saturated carbocycles. The summed E-state index contributed by atoms with van der Waals surface area (Å²) in [6.45, 7) is 3.79. The van der Waals surface area contributed by atoms with Crippen LogP contribution in [0.15, 0.2) is 53.3 Å². The molecule has 0 aliphatic heterocycles. The van der Waals surface area contributed by atoms with Crippen molar-refractivity contribution in [1.29, 1.82) is 5.26 Å². The van der Waals surface area contributed by atoms with E-state index in [2.05, 4.69) is 42.4 Å². The number of nitrogens with one attached hydrogen (secondary N) is 1. The number of anilines is 1. The maximum atomic E-state index is 12.5. The summed E-state index contributed by atoms with van der Waals surface area (Å²) in [6, 6.07) is 13.0. The van der Waals surface area contributed by atoms with Crippen LogP contribution in [0.1, 0.15) is 28.9 Å². The van der Waals surface area contributed by atoms with E-state index in [1.165, 1.54) is 6.20 Å². The monoisotopic (exact) mass is 490 g/mol. The lowest BCUT2D eigenvalue weighted by molar-refractivity contribution is -0.116. The van der Waals surface area contributed by atoms with Gasteiger partial charge in [0.05, 0.1) is 18.1 Å². The summed E-state index contributed by atoms with van der Waals surface area (Å²) in [5.41, 5.74) is 4.15. The molecule has 3 heterocycles. The quantitative estimate of drug-likeness (QED) is 0.418. The summed E-state index contributed by atoms with van der Waals surface area (Å²) >= 11 is 3.40. The Kier molecular flexibility index (Phi) is 6.14. The third-order valence-corrected chi connectivity index (χ3v) is 5.46. The minimum Gasteiger partial charge on any atom is -0.439 e. The van der Waals surface area contributed by atoms with Gasteiger partial charge in [-0.2, -0.15) is 10.4 Å². The van der Waals surface area contributed by atoms with E-state index in [9.17, 15) is 10.1 Å². The first-order valence-electron chi connectivity index (χ1n) is 9.88. The number of benzene rings is 1. The molecular formula is C23H19BrN6O2. The molecule has 0 radical (unpaired) electrons. The van der Waals surface area contributed by atoms with Gasteiger partial charge in [0.2, 0.25) is 11.8 Å². The number of halogens is 1. The second kappa shape index (κ2) is 9.16. The van der Waals surface area contributed by atoms with Gasteiger partial charge >= 0.3 is 0 Å². The lowest BCUT2D eigenvalue weighted by Gasteiger charge is -2.11. The highest BCUT2D eigenvalue weighted by Crippen LogP contribution is 2.24. The molecule has 0 spiro atoms. The number of carbonyl (C=O) groups excluding carboxylic acids is 1. The molecule has 0 unspecified atom stereocenters. The Morgan fingerprint density at radius 1 is 1.25 bits per heavy atom. The third-order valence-electron chi connectivity index (χ3n) is 4.97. The summed E-state index contributed by atoms with van der Waals surface area (Å²) in [6.07, 6.45) is 3.84. The topological polar surface area (TPSA) is 105 Å². The molecule has 0 fully saturated rings. The van der Waals surface area contributed by atoms with Crippen molar-refractivity contribution in [2.75, 3.05) is 5.32 Å². The van der Waals surface area contributed by atoms with Crippen molar-refractivity contribution in [1.82, 2.24) is 19.6 Å². The number of fused-ring (bicyclic) bond motifs is 1. The van der Waals surface area contributed by atoms with E-state index in [-0.39, 0.29) is 12.3 Å². The zero-order chi connectivity index (χ0) is 22.7. The number of amides is 1. The van der Waals surface area contributed by atoms with Gasteiger partial charge in [-0.15, -0.1) is 0 Å². The zero-order valence-electron chi connectivity index (χ0n) is 17.5. The van der Waals surface area contributed by atoms with E-state index in [0.29, 0.717) is 34.9 Å². The van der Waals surface area contributed by atoms with Crippen LogP contribution in [0.25, 0.3) is 5.65 Å². The average molecular weight is 491 g/mol. The van der Waals surface area contributed by atoms with E-state index < -0.39 is 0 Å². The predicted octanol–water partition coefficient (Wildman–Crippen LogP) is 4.74. The SMILES string of the molecule is Cc1nc2c(C#N)cnn2c(C)c1CCC(=O)Nc1ccc(Oc2cccc(Br)c2)nc1. The van der Waals surface area contributed by atoms with E-state index in [4.69, 9.17) is 4.74 Å². The van der Waals surface area contributed by atoms with Gasteiger partial charge in [-0.1, -0.05) is 22.0 Å². The Balaban J connectivity index is 1.38. The Labute approximate surface area is 193 Å². The summed E-state index contributed by atoms with van der Waals surface area (Å²) in [7, 11) is 0. The molecule has 0 aliphatic carbocycles. The lowest BCUT2D eigenvalue weighted by atomic mass is 10.1. The fraction of sp³-hybridized carbons (Fsp3) is 0.174. The van der Waals surface area contributed by atoms with Crippen molar-refractivity contribution in [2.45, 2.75) is 26.7 Å². The Morgan fingerprint density at radius 2 is 2.09 bits per heavy atom. The summed E-state index contributed by atoms with van der Waals surface area (Å²) in [4.78, 5) is 21.2. The van der Waals surface area contributed by atoms with E-state index >= 15 is 0 Å². The Bertz CT molecular complexity index is 1340. The van der Waals surface area contributed by atoms with Gasteiger partial charge in [0.1, 0.15) is 17.4 Å². The van der Waals surface area contributed by atoms with E-state index in [1.807, 2.05) is 38.1 Å². The maximum Gasteiger partial charge on any atom is 0.224 e. The van der Waals surface area contributed by atoms with Crippen LogP contribution < -0.4 is 10.1 Å². The molecule has 1 aromatic carbocycles. The first-order chi connectivity index (χ1) is 15.4. The second-order valence-electron chi connectivity index (χ2n) is 7.16. The number of pyridine rings is 1. The number of nitriles is 1. The van der Waals surface area contributed by atoms with Crippen LogP contribution in [0.3, 0.4) is 0 Å².